The van der Waals surface area contributed by atoms with Crippen molar-refractivity contribution in [3.63, 3.8) is 0 Å². The van der Waals surface area contributed by atoms with E-state index in [2.05, 4.69) is 61.3 Å². The molecule has 1 amide bonds. The molecule has 0 unspecified atom stereocenters. The molecular formula is C26H27N3OS2. The van der Waals surface area contributed by atoms with Crippen LogP contribution >= 0.6 is 23.1 Å². The largest absolute Gasteiger partial charge is 0.282 e. The Balaban J connectivity index is 1.48. The lowest BCUT2D eigenvalue weighted by Gasteiger charge is -2.19. The number of aryl methyl sites for hydroxylation is 2. The van der Waals surface area contributed by atoms with E-state index < -0.39 is 0 Å². The molecule has 0 saturated heterocycles. The van der Waals surface area contributed by atoms with Crippen molar-refractivity contribution in [2.75, 3.05) is 10.7 Å². The summed E-state index contributed by atoms with van der Waals surface area (Å²) < 4.78 is 1.12. The fourth-order valence-electron chi connectivity index (χ4n) is 3.49. The summed E-state index contributed by atoms with van der Waals surface area (Å²) in [5.74, 6) is 1.00. The number of pyridine rings is 1. The molecule has 6 heteroatoms. The number of thiazole rings is 1. The van der Waals surface area contributed by atoms with Crippen LogP contribution in [0, 0.1) is 6.92 Å². The molecule has 2 aromatic carbocycles. The Morgan fingerprint density at radius 3 is 2.66 bits per heavy atom. The molecule has 32 heavy (non-hydrogen) atoms. The zero-order valence-corrected chi connectivity index (χ0v) is 20.1. The Bertz CT molecular complexity index is 1170. The zero-order chi connectivity index (χ0) is 22.3. The van der Waals surface area contributed by atoms with Gasteiger partial charge in [-0.05, 0) is 61.4 Å². The second-order valence-corrected chi connectivity index (χ2v) is 9.86. The third-order valence-corrected chi connectivity index (χ3v) is 7.42. The minimum atomic E-state index is 0.0947. The predicted octanol–water partition coefficient (Wildman–Crippen LogP) is 6.67. The van der Waals surface area contributed by atoms with E-state index in [1.54, 1.807) is 29.3 Å². The molecule has 4 nitrogen and oxygen atoms in total. The minimum Gasteiger partial charge on any atom is -0.282 e. The first kappa shape index (κ1) is 22.5. The summed E-state index contributed by atoms with van der Waals surface area (Å²) in [6.07, 6.45) is 4.00. The highest BCUT2D eigenvalue weighted by atomic mass is 32.2. The predicted molar refractivity (Wildman–Crippen MR) is 136 cm³/mol. The van der Waals surface area contributed by atoms with Crippen LogP contribution < -0.4 is 4.90 Å². The van der Waals surface area contributed by atoms with E-state index in [0.29, 0.717) is 13.0 Å². The quantitative estimate of drug-likeness (QED) is 0.206. The molecule has 4 rings (SSSR count). The van der Waals surface area contributed by atoms with Gasteiger partial charge in [-0.25, -0.2) is 4.98 Å². The minimum absolute atomic E-state index is 0.0947. The maximum Gasteiger partial charge on any atom is 0.229 e. The third kappa shape index (κ3) is 5.56. The highest BCUT2D eigenvalue weighted by Crippen LogP contribution is 2.32. The van der Waals surface area contributed by atoms with Crippen LogP contribution in [0.25, 0.3) is 10.2 Å². The molecular weight excluding hydrogens is 434 g/mol. The normalized spacial score (nSPS) is 11.1. The molecule has 2 heterocycles. The van der Waals surface area contributed by atoms with Crippen molar-refractivity contribution in [3.05, 3.63) is 83.7 Å². The lowest BCUT2D eigenvalue weighted by molar-refractivity contribution is -0.118. The monoisotopic (exact) mass is 461 g/mol. The van der Waals surface area contributed by atoms with Gasteiger partial charge in [-0.3, -0.25) is 14.7 Å². The van der Waals surface area contributed by atoms with Gasteiger partial charge in [0, 0.05) is 17.5 Å². The van der Waals surface area contributed by atoms with Crippen molar-refractivity contribution >= 4 is 44.4 Å². The second-order valence-electron chi connectivity index (χ2n) is 7.68. The molecule has 0 fully saturated rings. The number of anilines is 1. The van der Waals surface area contributed by atoms with Gasteiger partial charge in [-0.2, -0.15) is 0 Å². The van der Waals surface area contributed by atoms with Crippen LogP contribution in [0.5, 0.6) is 0 Å². The van der Waals surface area contributed by atoms with Crippen molar-refractivity contribution in [1.29, 1.82) is 0 Å². The van der Waals surface area contributed by atoms with Gasteiger partial charge >= 0.3 is 0 Å². The van der Waals surface area contributed by atoms with Crippen molar-refractivity contribution < 1.29 is 4.79 Å². The lowest BCUT2D eigenvalue weighted by Crippen LogP contribution is -2.30. The van der Waals surface area contributed by atoms with Crippen LogP contribution in [0.15, 0.2) is 71.8 Å². The van der Waals surface area contributed by atoms with Gasteiger partial charge in [0.25, 0.3) is 0 Å². The molecule has 0 spiro atoms. The van der Waals surface area contributed by atoms with Crippen LogP contribution in [0.3, 0.4) is 0 Å². The van der Waals surface area contributed by atoms with Gasteiger partial charge in [0.15, 0.2) is 5.13 Å². The van der Waals surface area contributed by atoms with Crippen LogP contribution in [0.4, 0.5) is 5.13 Å². The maximum atomic E-state index is 13.3. The number of thioether (sulfide) groups is 1. The number of carbonyl (C=O) groups is 1. The molecule has 0 saturated carbocycles. The summed E-state index contributed by atoms with van der Waals surface area (Å²) in [4.78, 5) is 25.7. The van der Waals surface area contributed by atoms with Crippen LogP contribution in [-0.4, -0.2) is 21.6 Å². The number of fused-ring (bicyclic) bond motifs is 1. The van der Waals surface area contributed by atoms with E-state index >= 15 is 0 Å². The van der Waals surface area contributed by atoms with E-state index in [0.717, 1.165) is 39.6 Å². The first-order chi connectivity index (χ1) is 15.6. The topological polar surface area (TPSA) is 46.1 Å². The Labute approximate surface area is 197 Å². The molecule has 2 aromatic heterocycles. The van der Waals surface area contributed by atoms with E-state index in [9.17, 15) is 4.79 Å². The van der Waals surface area contributed by atoms with Crippen molar-refractivity contribution in [2.45, 2.75) is 44.6 Å². The molecule has 4 aromatic rings. The molecule has 0 atom stereocenters. The number of rotatable bonds is 9. The van der Waals surface area contributed by atoms with E-state index in [1.165, 1.54) is 16.0 Å². The summed E-state index contributed by atoms with van der Waals surface area (Å²) in [7, 11) is 0. The summed E-state index contributed by atoms with van der Waals surface area (Å²) >= 11 is 3.38. The SMILES string of the molecule is CCc1cccc2sc(N(Cc3ccccn3)C(=O)CCCSc3ccc(C)cc3)nc12. The highest BCUT2D eigenvalue weighted by Gasteiger charge is 2.21. The standard InChI is InChI=1S/C26H27N3OS2/c1-3-20-8-6-10-23-25(20)28-26(32-23)29(18-21-9-4-5-16-27-21)24(30)11-7-17-31-22-14-12-19(2)13-15-22/h4-6,8-10,12-16H,3,7,11,17-18H2,1-2H3. The number of amides is 1. The Hall–Kier alpha value is -2.70. The highest BCUT2D eigenvalue weighted by molar-refractivity contribution is 7.99. The van der Waals surface area contributed by atoms with Gasteiger partial charge in [0.05, 0.1) is 22.5 Å². The van der Waals surface area contributed by atoms with Crippen LogP contribution in [-0.2, 0) is 17.8 Å². The Morgan fingerprint density at radius 1 is 1.06 bits per heavy atom. The van der Waals surface area contributed by atoms with Gasteiger partial charge in [0.1, 0.15) is 0 Å². The summed E-state index contributed by atoms with van der Waals surface area (Å²) in [5, 5.41) is 0.753. The molecule has 0 bridgehead atoms. The number of nitrogens with zero attached hydrogens (tertiary/aromatic N) is 3. The maximum absolute atomic E-state index is 13.3. The number of carbonyl (C=O) groups excluding carboxylic acids is 1. The fraction of sp³-hybridized carbons (Fsp3) is 0.269. The zero-order valence-electron chi connectivity index (χ0n) is 18.5. The lowest BCUT2D eigenvalue weighted by atomic mass is 10.1. The van der Waals surface area contributed by atoms with Crippen molar-refractivity contribution in [1.82, 2.24) is 9.97 Å². The Morgan fingerprint density at radius 2 is 1.91 bits per heavy atom. The molecule has 0 radical (unpaired) electrons. The van der Waals surface area contributed by atoms with Gasteiger partial charge in [0.2, 0.25) is 5.91 Å². The van der Waals surface area contributed by atoms with Crippen LogP contribution in [0.1, 0.15) is 36.6 Å². The number of para-hydroxylation sites is 1. The van der Waals surface area contributed by atoms with E-state index in [-0.39, 0.29) is 5.91 Å². The summed E-state index contributed by atoms with van der Waals surface area (Å²) in [6, 6.07) is 20.6. The molecule has 0 aliphatic carbocycles. The Kier molecular flexibility index (Phi) is 7.55. The van der Waals surface area contributed by atoms with E-state index in [4.69, 9.17) is 4.98 Å². The average molecular weight is 462 g/mol. The molecule has 0 aliphatic rings. The van der Waals surface area contributed by atoms with Gasteiger partial charge < -0.3 is 0 Å². The van der Waals surface area contributed by atoms with Gasteiger partial charge in [-0.1, -0.05) is 54.2 Å². The van der Waals surface area contributed by atoms with Crippen LogP contribution in [0.2, 0.25) is 0 Å². The number of aromatic nitrogens is 2. The third-order valence-electron chi connectivity index (χ3n) is 5.28. The molecule has 0 N–H and O–H groups in total. The molecule has 0 aliphatic heterocycles. The number of hydrogen-bond acceptors (Lipinski definition) is 5. The van der Waals surface area contributed by atoms with Gasteiger partial charge in [-0.15, -0.1) is 11.8 Å². The smallest absolute Gasteiger partial charge is 0.229 e. The summed E-state index contributed by atoms with van der Waals surface area (Å²) in [6.45, 7) is 4.66. The van der Waals surface area contributed by atoms with Crippen molar-refractivity contribution in [2.24, 2.45) is 0 Å². The summed E-state index contributed by atoms with van der Waals surface area (Å²) in [5.41, 5.74) is 4.34. The number of benzene rings is 2. The second kappa shape index (κ2) is 10.7. The average Bonchev–Trinajstić information content (AvgIpc) is 3.26. The van der Waals surface area contributed by atoms with Crippen molar-refractivity contribution in [3.8, 4) is 0 Å². The number of hydrogen-bond donors (Lipinski definition) is 0. The first-order valence-corrected chi connectivity index (χ1v) is 12.7. The van der Waals surface area contributed by atoms with E-state index in [1.807, 2.05) is 23.1 Å². The fourth-order valence-corrected chi connectivity index (χ4v) is 5.38. The first-order valence-electron chi connectivity index (χ1n) is 10.9. The molecule has 164 valence electrons.